The molecule has 210 valence electrons. The monoisotopic (exact) mass is 569 g/mol. The Morgan fingerprint density at radius 3 is 2.49 bits per heavy atom. The van der Waals surface area contributed by atoms with E-state index in [2.05, 4.69) is 5.32 Å². The Morgan fingerprint density at radius 2 is 1.76 bits per heavy atom. The number of rotatable bonds is 8. The molecule has 0 fully saturated rings. The molecule has 2 aromatic carbocycles. The molecule has 10 heteroatoms. The highest BCUT2D eigenvalue weighted by Gasteiger charge is 2.30. The maximum Gasteiger partial charge on any atom is 0.341 e. The van der Waals surface area contributed by atoms with Crippen LogP contribution < -0.4 is 15.8 Å². The van der Waals surface area contributed by atoms with Gasteiger partial charge in [0, 0.05) is 11.4 Å². The fraction of sp³-hybridized carbons (Fsp3) is 0.290. The smallest absolute Gasteiger partial charge is 0.341 e. The Labute approximate surface area is 241 Å². The summed E-state index contributed by atoms with van der Waals surface area (Å²) in [5, 5.41) is 3.50. The zero-order chi connectivity index (χ0) is 28.5. The summed E-state index contributed by atoms with van der Waals surface area (Å²) in [4.78, 5) is 37.7. The minimum absolute atomic E-state index is 0.245. The van der Waals surface area contributed by atoms with Crippen molar-refractivity contribution in [2.45, 2.75) is 45.6 Å². The summed E-state index contributed by atoms with van der Waals surface area (Å²) >= 11 is 1.44. The van der Waals surface area contributed by atoms with Gasteiger partial charge in [-0.3, -0.25) is 4.79 Å². The molecule has 1 aliphatic carbocycles. The van der Waals surface area contributed by atoms with E-state index in [0.717, 1.165) is 47.4 Å². The number of nitrogens with two attached hydrogens (primary N) is 1. The fourth-order valence-corrected chi connectivity index (χ4v) is 6.71. The van der Waals surface area contributed by atoms with Crippen LogP contribution >= 0.6 is 11.3 Å². The van der Waals surface area contributed by atoms with E-state index in [0.29, 0.717) is 45.7 Å². The number of nitrogens with one attached hydrogen (secondary N) is 1. The van der Waals surface area contributed by atoms with Gasteiger partial charge in [-0.15, -0.1) is 11.3 Å². The number of hydrogen-bond acceptors (Lipinski definition) is 8. The fourth-order valence-electron chi connectivity index (χ4n) is 5.44. The van der Waals surface area contributed by atoms with Gasteiger partial charge in [-0.2, -0.15) is 0 Å². The van der Waals surface area contributed by atoms with Crippen LogP contribution in [-0.4, -0.2) is 40.1 Å². The number of carbonyl (C=O) groups excluding carboxylic acids is 2. The number of aryl methyl sites for hydroxylation is 3. The van der Waals surface area contributed by atoms with E-state index in [4.69, 9.17) is 25.2 Å². The standard InChI is InChI=1S/C31H31N5O4S/c1-3-40-31(38)24-20-8-4-7-11-23(20)41-30(24)35-29(37)25-26-28(34-22-10-6-5-9-21(22)33-26)36(27(25)32)17-16-18-12-14-19(39-2)15-13-18/h5-6,9-10,12-15H,3-4,7-8,11,16-17,32H2,1-2H3,(H,35,37). The van der Waals surface area contributed by atoms with Crippen LogP contribution in [0.2, 0.25) is 0 Å². The van der Waals surface area contributed by atoms with Gasteiger partial charge in [-0.1, -0.05) is 24.3 Å². The second kappa shape index (κ2) is 11.2. The average Bonchev–Trinajstić information content (AvgIpc) is 3.48. The van der Waals surface area contributed by atoms with Crippen molar-refractivity contribution in [1.82, 2.24) is 14.5 Å². The summed E-state index contributed by atoms with van der Waals surface area (Å²) in [5.41, 5.74) is 11.8. The molecular formula is C31H31N5O4S. The lowest BCUT2D eigenvalue weighted by Crippen LogP contribution is -2.17. The summed E-state index contributed by atoms with van der Waals surface area (Å²) in [6, 6.07) is 15.4. The topological polar surface area (TPSA) is 121 Å². The Kier molecular flexibility index (Phi) is 7.32. The van der Waals surface area contributed by atoms with Gasteiger partial charge in [0.05, 0.1) is 30.3 Å². The normalized spacial score (nSPS) is 12.8. The highest BCUT2D eigenvalue weighted by atomic mass is 32.1. The molecule has 6 rings (SSSR count). The lowest BCUT2D eigenvalue weighted by Gasteiger charge is -2.12. The zero-order valence-corrected chi connectivity index (χ0v) is 23.8. The van der Waals surface area contributed by atoms with Gasteiger partial charge in [-0.25, -0.2) is 14.8 Å². The molecule has 0 unspecified atom stereocenters. The molecule has 5 aromatic rings. The Balaban J connectivity index is 1.41. The van der Waals surface area contributed by atoms with Gasteiger partial charge in [-0.05, 0) is 74.4 Å². The lowest BCUT2D eigenvalue weighted by atomic mass is 9.95. The van der Waals surface area contributed by atoms with E-state index < -0.39 is 11.9 Å². The number of hydrogen-bond donors (Lipinski definition) is 2. The van der Waals surface area contributed by atoms with Crippen LogP contribution in [-0.2, 0) is 30.5 Å². The number of nitrogens with zero attached hydrogens (tertiary/aromatic N) is 3. The Bertz CT molecular complexity index is 1770. The highest BCUT2D eigenvalue weighted by Crippen LogP contribution is 2.39. The second-order valence-electron chi connectivity index (χ2n) is 9.98. The molecular weight excluding hydrogens is 538 g/mol. The maximum absolute atomic E-state index is 14.0. The summed E-state index contributed by atoms with van der Waals surface area (Å²) < 4.78 is 12.5. The number of anilines is 2. The summed E-state index contributed by atoms with van der Waals surface area (Å²) in [7, 11) is 1.64. The van der Waals surface area contributed by atoms with Crippen molar-refractivity contribution in [2.24, 2.45) is 0 Å². The number of carbonyl (C=O) groups is 2. The van der Waals surface area contributed by atoms with Crippen molar-refractivity contribution in [2.75, 3.05) is 24.8 Å². The Morgan fingerprint density at radius 1 is 1.02 bits per heavy atom. The average molecular weight is 570 g/mol. The third-order valence-corrected chi connectivity index (χ3v) is 8.69. The molecule has 0 radical (unpaired) electrons. The minimum Gasteiger partial charge on any atom is -0.497 e. The number of methoxy groups -OCH3 is 1. The quantitative estimate of drug-likeness (QED) is 0.227. The first kappa shape index (κ1) is 26.8. The third kappa shape index (κ3) is 4.99. The van der Waals surface area contributed by atoms with E-state index >= 15 is 0 Å². The molecule has 41 heavy (non-hydrogen) atoms. The van der Waals surface area contributed by atoms with Crippen LogP contribution in [0.4, 0.5) is 10.8 Å². The molecule has 0 saturated heterocycles. The van der Waals surface area contributed by atoms with Gasteiger partial charge < -0.3 is 25.1 Å². The highest BCUT2D eigenvalue weighted by molar-refractivity contribution is 7.17. The summed E-state index contributed by atoms with van der Waals surface area (Å²) in [6.45, 7) is 2.53. The number of esters is 1. The summed E-state index contributed by atoms with van der Waals surface area (Å²) in [5.74, 6) is 0.223. The number of nitrogen functional groups attached to an aromatic ring is 1. The van der Waals surface area contributed by atoms with E-state index in [1.54, 1.807) is 14.0 Å². The van der Waals surface area contributed by atoms with Gasteiger partial charge in [0.25, 0.3) is 5.91 Å². The van der Waals surface area contributed by atoms with E-state index in [1.165, 1.54) is 11.3 Å². The van der Waals surface area contributed by atoms with Crippen LogP contribution in [0.15, 0.2) is 48.5 Å². The molecule has 3 heterocycles. The predicted octanol–water partition coefficient (Wildman–Crippen LogP) is 5.79. The predicted molar refractivity (Wildman–Crippen MR) is 161 cm³/mol. The van der Waals surface area contributed by atoms with Crippen LogP contribution in [0.1, 0.15) is 56.5 Å². The van der Waals surface area contributed by atoms with Crippen molar-refractivity contribution in [3.63, 3.8) is 0 Å². The SMILES string of the molecule is CCOC(=O)c1c(NC(=O)c2c(N)n(CCc3ccc(OC)cc3)c3nc4ccccc4nc23)sc2c1CCCC2. The van der Waals surface area contributed by atoms with E-state index in [-0.39, 0.29) is 18.0 Å². The zero-order valence-electron chi connectivity index (χ0n) is 23.0. The first-order chi connectivity index (χ1) is 20.0. The molecule has 9 nitrogen and oxygen atoms in total. The van der Waals surface area contributed by atoms with Crippen LogP contribution in [0.25, 0.3) is 22.2 Å². The second-order valence-corrected chi connectivity index (χ2v) is 11.1. The van der Waals surface area contributed by atoms with Crippen LogP contribution in [0.3, 0.4) is 0 Å². The first-order valence-corrected chi connectivity index (χ1v) is 14.6. The van der Waals surface area contributed by atoms with E-state index in [9.17, 15) is 9.59 Å². The molecule has 0 bridgehead atoms. The number of fused-ring (bicyclic) bond motifs is 3. The Hall–Kier alpha value is -4.44. The van der Waals surface area contributed by atoms with Crippen LogP contribution in [0, 0.1) is 0 Å². The molecule has 3 aromatic heterocycles. The van der Waals surface area contributed by atoms with Crippen molar-refractivity contribution in [3.8, 4) is 5.75 Å². The van der Waals surface area contributed by atoms with Gasteiger partial charge in [0.15, 0.2) is 5.65 Å². The van der Waals surface area contributed by atoms with Crippen molar-refractivity contribution >= 4 is 56.2 Å². The molecule has 0 saturated carbocycles. The third-order valence-electron chi connectivity index (χ3n) is 7.48. The van der Waals surface area contributed by atoms with Crippen molar-refractivity contribution < 1.29 is 19.1 Å². The molecule has 3 N–H and O–H groups in total. The van der Waals surface area contributed by atoms with Gasteiger partial charge in [0.1, 0.15) is 27.6 Å². The van der Waals surface area contributed by atoms with Crippen molar-refractivity contribution in [1.29, 1.82) is 0 Å². The number of aromatic nitrogens is 3. The number of para-hydroxylation sites is 2. The molecule has 0 atom stereocenters. The largest absolute Gasteiger partial charge is 0.497 e. The van der Waals surface area contributed by atoms with Gasteiger partial charge in [0.2, 0.25) is 0 Å². The summed E-state index contributed by atoms with van der Waals surface area (Å²) in [6.07, 6.45) is 4.39. The minimum atomic E-state index is -0.426. The number of amides is 1. The number of ether oxygens (including phenoxy) is 2. The van der Waals surface area contributed by atoms with Crippen LogP contribution in [0.5, 0.6) is 5.75 Å². The molecule has 1 amide bonds. The van der Waals surface area contributed by atoms with Gasteiger partial charge >= 0.3 is 5.97 Å². The molecule has 0 spiro atoms. The maximum atomic E-state index is 14.0. The lowest BCUT2D eigenvalue weighted by molar-refractivity contribution is 0.0526. The van der Waals surface area contributed by atoms with Crippen molar-refractivity contribution in [3.05, 3.63) is 75.7 Å². The number of thiophene rings is 1. The number of benzene rings is 2. The van der Waals surface area contributed by atoms with E-state index in [1.807, 2.05) is 53.1 Å². The first-order valence-electron chi connectivity index (χ1n) is 13.8. The molecule has 0 aliphatic heterocycles. The molecule has 1 aliphatic rings.